The average molecular weight is 240 g/mol. The van der Waals surface area contributed by atoms with Crippen molar-refractivity contribution >= 4 is 16.2 Å². The second-order valence-electron chi connectivity index (χ2n) is 2.75. The van der Waals surface area contributed by atoms with Crippen LogP contribution in [0.1, 0.15) is 6.92 Å². The number of esters is 1. The van der Waals surface area contributed by atoms with Gasteiger partial charge in [-0.15, -0.1) is 0 Å². The summed E-state index contributed by atoms with van der Waals surface area (Å²) in [7, 11) is -1.05. The zero-order valence-corrected chi connectivity index (χ0v) is 9.76. The predicted octanol–water partition coefficient (Wildman–Crippen LogP) is -1.38. The van der Waals surface area contributed by atoms with E-state index in [0.717, 1.165) is 0 Å². The van der Waals surface area contributed by atoms with Crippen molar-refractivity contribution in [2.24, 2.45) is 0 Å². The van der Waals surface area contributed by atoms with Crippen LogP contribution in [0.3, 0.4) is 0 Å². The molecule has 15 heavy (non-hydrogen) atoms. The second kappa shape index (κ2) is 6.72. The lowest BCUT2D eigenvalue weighted by Crippen LogP contribution is -2.46. The molecule has 0 aromatic carbocycles. The summed E-state index contributed by atoms with van der Waals surface area (Å²) in [5.41, 5.74) is 0. The Hall–Kier alpha value is -0.700. The van der Waals surface area contributed by atoms with Gasteiger partial charge in [0.15, 0.2) is 0 Å². The maximum Gasteiger partial charge on any atom is 0.323 e. The third-order valence-corrected chi connectivity index (χ3v) is 2.73. The molecule has 0 aromatic rings. The minimum Gasteiger partial charge on any atom is -0.468 e. The second-order valence-corrected chi connectivity index (χ2v) is 4.28. The molecule has 0 aromatic heterocycles. The molecule has 0 bridgehead atoms. The van der Waals surface area contributed by atoms with E-state index in [4.69, 9.17) is 0 Å². The molecule has 0 saturated heterocycles. The van der Waals surface area contributed by atoms with Gasteiger partial charge in [-0.1, -0.05) is 0 Å². The SMILES string of the molecule is COCCNS(=O)(=O)NC(C)C(=O)OC. The normalized spacial score (nSPS) is 13.5. The fourth-order valence-electron chi connectivity index (χ4n) is 0.777. The first-order valence-corrected chi connectivity index (χ1v) is 5.75. The molecule has 0 saturated carbocycles. The van der Waals surface area contributed by atoms with Crippen LogP contribution in [0.15, 0.2) is 0 Å². The van der Waals surface area contributed by atoms with Crippen molar-refractivity contribution in [2.45, 2.75) is 13.0 Å². The Morgan fingerprint density at radius 1 is 1.40 bits per heavy atom. The van der Waals surface area contributed by atoms with E-state index in [-0.39, 0.29) is 13.2 Å². The van der Waals surface area contributed by atoms with Crippen LogP contribution in [-0.4, -0.2) is 47.8 Å². The van der Waals surface area contributed by atoms with Gasteiger partial charge in [0.25, 0.3) is 10.2 Å². The van der Waals surface area contributed by atoms with E-state index in [2.05, 4.69) is 18.9 Å². The van der Waals surface area contributed by atoms with Gasteiger partial charge in [0, 0.05) is 13.7 Å². The maximum atomic E-state index is 11.3. The molecule has 90 valence electrons. The number of hydrogen-bond acceptors (Lipinski definition) is 5. The molecule has 0 amide bonds. The lowest BCUT2D eigenvalue weighted by atomic mass is 10.4. The summed E-state index contributed by atoms with van der Waals surface area (Å²) in [6.45, 7) is 1.79. The van der Waals surface area contributed by atoms with Gasteiger partial charge in [0.1, 0.15) is 6.04 Å². The van der Waals surface area contributed by atoms with Crippen LogP contribution in [-0.2, 0) is 24.5 Å². The van der Waals surface area contributed by atoms with Gasteiger partial charge in [0.05, 0.1) is 13.7 Å². The Morgan fingerprint density at radius 2 is 2.00 bits per heavy atom. The number of carbonyl (C=O) groups excluding carboxylic acids is 1. The highest BCUT2D eigenvalue weighted by atomic mass is 32.2. The molecule has 0 rings (SSSR count). The minimum atomic E-state index is -3.69. The topological polar surface area (TPSA) is 93.7 Å². The summed E-state index contributed by atoms with van der Waals surface area (Å²) < 4.78 is 35.8. The van der Waals surface area contributed by atoms with Gasteiger partial charge in [-0.05, 0) is 6.92 Å². The number of hydrogen-bond donors (Lipinski definition) is 2. The highest BCUT2D eigenvalue weighted by Crippen LogP contribution is 1.88. The molecule has 1 atom stereocenters. The van der Waals surface area contributed by atoms with Crippen LogP contribution in [0.4, 0.5) is 0 Å². The van der Waals surface area contributed by atoms with E-state index in [9.17, 15) is 13.2 Å². The van der Waals surface area contributed by atoms with Gasteiger partial charge in [0.2, 0.25) is 0 Å². The van der Waals surface area contributed by atoms with Crippen molar-refractivity contribution in [1.82, 2.24) is 9.44 Å². The Bertz CT molecular complexity index is 290. The molecule has 0 fully saturated rings. The molecule has 1 unspecified atom stereocenters. The molecule has 8 heteroatoms. The lowest BCUT2D eigenvalue weighted by molar-refractivity contribution is -0.142. The van der Waals surface area contributed by atoms with Crippen LogP contribution in [0.2, 0.25) is 0 Å². The van der Waals surface area contributed by atoms with Crippen molar-refractivity contribution in [3.05, 3.63) is 0 Å². The van der Waals surface area contributed by atoms with E-state index in [1.807, 2.05) is 0 Å². The molecule has 0 aliphatic heterocycles. The molecule has 2 N–H and O–H groups in total. The maximum absolute atomic E-state index is 11.3. The van der Waals surface area contributed by atoms with Gasteiger partial charge in [-0.2, -0.15) is 17.9 Å². The van der Waals surface area contributed by atoms with Crippen molar-refractivity contribution in [1.29, 1.82) is 0 Å². The van der Waals surface area contributed by atoms with Crippen LogP contribution < -0.4 is 9.44 Å². The first kappa shape index (κ1) is 14.3. The molecular formula is C7H16N2O5S. The third kappa shape index (κ3) is 6.39. The van der Waals surface area contributed by atoms with Gasteiger partial charge in [-0.3, -0.25) is 4.79 Å². The number of nitrogens with one attached hydrogen (secondary N) is 2. The molecule has 0 heterocycles. The largest absolute Gasteiger partial charge is 0.468 e. The fourth-order valence-corrected chi connectivity index (χ4v) is 1.77. The first-order chi connectivity index (χ1) is 6.93. The van der Waals surface area contributed by atoms with Crippen molar-refractivity contribution in [2.75, 3.05) is 27.4 Å². The van der Waals surface area contributed by atoms with Crippen molar-refractivity contribution < 1.29 is 22.7 Å². The quantitative estimate of drug-likeness (QED) is 0.422. The van der Waals surface area contributed by atoms with Crippen molar-refractivity contribution in [3.8, 4) is 0 Å². The van der Waals surface area contributed by atoms with E-state index in [1.165, 1.54) is 21.1 Å². The Kier molecular flexibility index (Phi) is 6.41. The molecule has 0 radical (unpaired) electrons. The number of rotatable bonds is 7. The lowest BCUT2D eigenvalue weighted by Gasteiger charge is -2.12. The Morgan fingerprint density at radius 3 is 2.47 bits per heavy atom. The number of carbonyl (C=O) groups is 1. The highest BCUT2D eigenvalue weighted by Gasteiger charge is 2.19. The molecular weight excluding hydrogens is 224 g/mol. The fraction of sp³-hybridized carbons (Fsp3) is 0.857. The smallest absolute Gasteiger partial charge is 0.323 e. The minimum absolute atomic E-state index is 0.139. The van der Waals surface area contributed by atoms with Gasteiger partial charge in [-0.25, -0.2) is 0 Å². The van der Waals surface area contributed by atoms with Crippen LogP contribution in [0, 0.1) is 0 Å². The highest BCUT2D eigenvalue weighted by molar-refractivity contribution is 7.87. The summed E-state index contributed by atoms with van der Waals surface area (Å²) in [6, 6.07) is -0.921. The monoisotopic (exact) mass is 240 g/mol. The Balaban J connectivity index is 4.08. The standard InChI is InChI=1S/C7H16N2O5S/c1-6(7(10)14-3)9-15(11,12)8-4-5-13-2/h6,8-9H,4-5H2,1-3H3. The summed E-state index contributed by atoms with van der Waals surface area (Å²) in [6.07, 6.45) is 0. The van der Waals surface area contributed by atoms with Crippen LogP contribution in [0.5, 0.6) is 0 Å². The predicted molar refractivity (Wildman–Crippen MR) is 53.4 cm³/mol. The van der Waals surface area contributed by atoms with E-state index in [0.29, 0.717) is 0 Å². The van der Waals surface area contributed by atoms with Crippen LogP contribution >= 0.6 is 0 Å². The molecule has 0 aliphatic carbocycles. The van der Waals surface area contributed by atoms with Gasteiger partial charge < -0.3 is 9.47 Å². The van der Waals surface area contributed by atoms with E-state index >= 15 is 0 Å². The molecule has 0 spiro atoms. The summed E-state index contributed by atoms with van der Waals surface area (Å²) in [4.78, 5) is 10.9. The summed E-state index contributed by atoms with van der Waals surface area (Å²) >= 11 is 0. The van der Waals surface area contributed by atoms with E-state index in [1.54, 1.807) is 0 Å². The average Bonchev–Trinajstić information content (AvgIpc) is 2.16. The number of methoxy groups -OCH3 is 2. The third-order valence-electron chi connectivity index (χ3n) is 1.48. The van der Waals surface area contributed by atoms with Crippen LogP contribution in [0.25, 0.3) is 0 Å². The zero-order valence-electron chi connectivity index (χ0n) is 8.94. The van der Waals surface area contributed by atoms with E-state index < -0.39 is 22.2 Å². The zero-order chi connectivity index (χ0) is 11.9. The van der Waals surface area contributed by atoms with Gasteiger partial charge >= 0.3 is 5.97 Å². The summed E-state index contributed by atoms with van der Waals surface area (Å²) in [5.74, 6) is -0.646. The molecule has 7 nitrogen and oxygen atoms in total. The number of ether oxygens (including phenoxy) is 2. The van der Waals surface area contributed by atoms with Crippen molar-refractivity contribution in [3.63, 3.8) is 0 Å². The Labute approximate surface area is 89.3 Å². The molecule has 0 aliphatic rings. The summed E-state index contributed by atoms with van der Waals surface area (Å²) in [5, 5.41) is 0. The first-order valence-electron chi connectivity index (χ1n) is 4.26.